The maximum absolute atomic E-state index is 8.54. The Bertz CT molecular complexity index is 535. The van der Waals surface area contributed by atoms with Gasteiger partial charge in [-0.15, -0.1) is 0 Å². The molecule has 18 heavy (non-hydrogen) atoms. The van der Waals surface area contributed by atoms with E-state index in [0.717, 1.165) is 22.4 Å². The zero-order chi connectivity index (χ0) is 12.8. The molecular weight excluding hydrogens is 226 g/mol. The Morgan fingerprint density at radius 1 is 1.17 bits per heavy atom. The summed E-state index contributed by atoms with van der Waals surface area (Å²) in [6, 6.07) is 15.7. The zero-order valence-corrected chi connectivity index (χ0v) is 10.2. The van der Waals surface area contributed by atoms with Crippen molar-refractivity contribution in [2.45, 2.75) is 13.5 Å². The van der Waals surface area contributed by atoms with Crippen molar-refractivity contribution in [1.29, 1.82) is 0 Å². The van der Waals surface area contributed by atoms with E-state index in [9.17, 15) is 0 Å². The highest BCUT2D eigenvalue weighted by molar-refractivity contribution is 5.80. The highest BCUT2D eigenvalue weighted by Crippen LogP contribution is 2.17. The van der Waals surface area contributed by atoms with Gasteiger partial charge in [-0.3, -0.25) is 0 Å². The van der Waals surface area contributed by atoms with Crippen LogP contribution in [0, 0.1) is 6.92 Å². The molecule has 0 amide bonds. The summed E-state index contributed by atoms with van der Waals surface area (Å²) in [5.74, 6) is 0.772. The zero-order valence-electron chi connectivity index (χ0n) is 10.2. The van der Waals surface area contributed by atoms with Crippen molar-refractivity contribution in [2.24, 2.45) is 5.16 Å². The fraction of sp³-hybridized carbons (Fsp3) is 0.133. The lowest BCUT2D eigenvalue weighted by molar-refractivity contribution is 0.306. The smallest absolute Gasteiger partial charge is 0.120 e. The SMILES string of the molecule is Cc1cc(C=NO)cc(OCc2ccccc2)c1. The molecule has 0 atom stereocenters. The van der Waals surface area contributed by atoms with Crippen molar-refractivity contribution >= 4 is 6.21 Å². The van der Waals surface area contributed by atoms with Crippen LogP contribution in [-0.4, -0.2) is 11.4 Å². The van der Waals surface area contributed by atoms with E-state index in [2.05, 4.69) is 5.16 Å². The van der Waals surface area contributed by atoms with E-state index in [1.54, 1.807) is 0 Å². The minimum Gasteiger partial charge on any atom is -0.489 e. The first-order valence-corrected chi connectivity index (χ1v) is 5.74. The summed E-state index contributed by atoms with van der Waals surface area (Å²) in [6.07, 6.45) is 1.39. The summed E-state index contributed by atoms with van der Waals surface area (Å²) in [5.41, 5.74) is 3.01. The second kappa shape index (κ2) is 5.87. The maximum atomic E-state index is 8.54. The first kappa shape index (κ1) is 12.2. The number of benzene rings is 2. The van der Waals surface area contributed by atoms with E-state index in [1.165, 1.54) is 6.21 Å². The first-order chi connectivity index (χ1) is 8.78. The second-order valence-corrected chi connectivity index (χ2v) is 4.10. The van der Waals surface area contributed by atoms with Crippen LogP contribution in [0.4, 0.5) is 0 Å². The van der Waals surface area contributed by atoms with Gasteiger partial charge in [-0.25, -0.2) is 0 Å². The monoisotopic (exact) mass is 241 g/mol. The van der Waals surface area contributed by atoms with Gasteiger partial charge in [0, 0.05) is 0 Å². The van der Waals surface area contributed by atoms with Crippen molar-refractivity contribution in [3.8, 4) is 5.75 Å². The Hall–Kier alpha value is -2.29. The molecule has 0 fully saturated rings. The van der Waals surface area contributed by atoms with Crippen LogP contribution in [0.3, 0.4) is 0 Å². The molecule has 0 bridgehead atoms. The molecule has 0 saturated heterocycles. The quantitative estimate of drug-likeness (QED) is 0.506. The molecule has 1 N–H and O–H groups in total. The Morgan fingerprint density at radius 2 is 1.94 bits per heavy atom. The van der Waals surface area contributed by atoms with Crippen LogP contribution < -0.4 is 4.74 Å². The number of hydrogen-bond donors (Lipinski definition) is 1. The van der Waals surface area contributed by atoms with Crippen LogP contribution in [0.1, 0.15) is 16.7 Å². The average Bonchev–Trinajstić information content (AvgIpc) is 2.37. The van der Waals surface area contributed by atoms with Gasteiger partial charge >= 0.3 is 0 Å². The summed E-state index contributed by atoms with van der Waals surface area (Å²) in [5, 5.41) is 11.6. The van der Waals surface area contributed by atoms with Gasteiger partial charge in [-0.2, -0.15) is 0 Å². The minimum atomic E-state index is 0.528. The molecule has 92 valence electrons. The Balaban J connectivity index is 2.09. The van der Waals surface area contributed by atoms with Gasteiger partial charge in [-0.1, -0.05) is 41.6 Å². The van der Waals surface area contributed by atoms with Crippen LogP contribution >= 0.6 is 0 Å². The Labute approximate surface area is 106 Å². The summed E-state index contributed by atoms with van der Waals surface area (Å²) in [4.78, 5) is 0. The van der Waals surface area contributed by atoms with Crippen molar-refractivity contribution < 1.29 is 9.94 Å². The third-order valence-corrected chi connectivity index (χ3v) is 2.53. The van der Waals surface area contributed by atoms with Crippen LogP contribution in [0.15, 0.2) is 53.7 Å². The Morgan fingerprint density at radius 3 is 2.67 bits per heavy atom. The molecule has 3 nitrogen and oxygen atoms in total. The standard InChI is InChI=1S/C15H15NO2/c1-12-7-14(10-16-17)9-15(8-12)18-11-13-5-3-2-4-6-13/h2-10,17H,11H2,1H3. The van der Waals surface area contributed by atoms with E-state index < -0.39 is 0 Å². The highest BCUT2D eigenvalue weighted by atomic mass is 16.5. The molecule has 0 aliphatic heterocycles. The fourth-order valence-electron chi connectivity index (χ4n) is 1.74. The molecule has 0 aliphatic carbocycles. The van der Waals surface area contributed by atoms with Gasteiger partial charge in [0.15, 0.2) is 0 Å². The van der Waals surface area contributed by atoms with Crippen LogP contribution in [0.2, 0.25) is 0 Å². The topological polar surface area (TPSA) is 41.8 Å². The molecule has 2 rings (SSSR count). The highest BCUT2D eigenvalue weighted by Gasteiger charge is 1.99. The largest absolute Gasteiger partial charge is 0.489 e. The third-order valence-electron chi connectivity index (χ3n) is 2.53. The van der Waals surface area contributed by atoms with Crippen molar-refractivity contribution in [1.82, 2.24) is 0 Å². The van der Waals surface area contributed by atoms with Gasteiger partial charge < -0.3 is 9.94 Å². The summed E-state index contributed by atoms with van der Waals surface area (Å²) >= 11 is 0. The summed E-state index contributed by atoms with van der Waals surface area (Å²) in [7, 11) is 0. The predicted octanol–water partition coefficient (Wildman–Crippen LogP) is 3.38. The average molecular weight is 241 g/mol. The normalized spacial score (nSPS) is 10.7. The Kier molecular flexibility index (Phi) is 3.97. The van der Waals surface area contributed by atoms with Gasteiger partial charge in [-0.05, 0) is 35.7 Å². The molecule has 0 saturated carbocycles. The van der Waals surface area contributed by atoms with Crippen molar-refractivity contribution in [3.05, 3.63) is 65.2 Å². The van der Waals surface area contributed by atoms with Gasteiger partial charge in [0.05, 0.1) is 6.21 Å². The van der Waals surface area contributed by atoms with Crippen LogP contribution in [0.5, 0.6) is 5.75 Å². The van der Waals surface area contributed by atoms with Gasteiger partial charge in [0.2, 0.25) is 0 Å². The molecule has 0 radical (unpaired) electrons. The molecule has 2 aromatic rings. The molecule has 0 aliphatic rings. The third kappa shape index (κ3) is 3.35. The lowest BCUT2D eigenvalue weighted by Crippen LogP contribution is -1.96. The van der Waals surface area contributed by atoms with E-state index >= 15 is 0 Å². The lowest BCUT2D eigenvalue weighted by Gasteiger charge is -2.08. The van der Waals surface area contributed by atoms with E-state index in [1.807, 2.05) is 55.5 Å². The molecule has 2 aromatic carbocycles. The molecule has 0 spiro atoms. The fourth-order valence-corrected chi connectivity index (χ4v) is 1.74. The van der Waals surface area contributed by atoms with Crippen LogP contribution in [0.25, 0.3) is 0 Å². The number of nitrogens with zero attached hydrogens (tertiary/aromatic N) is 1. The number of aryl methyl sites for hydroxylation is 1. The number of rotatable bonds is 4. The lowest BCUT2D eigenvalue weighted by atomic mass is 10.1. The number of hydrogen-bond acceptors (Lipinski definition) is 3. The van der Waals surface area contributed by atoms with Crippen molar-refractivity contribution in [3.63, 3.8) is 0 Å². The molecule has 0 unspecified atom stereocenters. The first-order valence-electron chi connectivity index (χ1n) is 5.74. The second-order valence-electron chi connectivity index (χ2n) is 4.10. The minimum absolute atomic E-state index is 0.528. The molecule has 0 aromatic heterocycles. The molecule has 0 heterocycles. The van der Waals surface area contributed by atoms with E-state index in [0.29, 0.717) is 6.61 Å². The summed E-state index contributed by atoms with van der Waals surface area (Å²) in [6.45, 7) is 2.50. The predicted molar refractivity (Wildman–Crippen MR) is 71.3 cm³/mol. The van der Waals surface area contributed by atoms with Gasteiger partial charge in [0.1, 0.15) is 12.4 Å². The number of oxime groups is 1. The van der Waals surface area contributed by atoms with Gasteiger partial charge in [0.25, 0.3) is 0 Å². The summed E-state index contributed by atoms with van der Waals surface area (Å²) < 4.78 is 5.72. The number of ether oxygens (including phenoxy) is 1. The maximum Gasteiger partial charge on any atom is 0.120 e. The molecule has 3 heteroatoms. The molecular formula is C15H15NO2. The van der Waals surface area contributed by atoms with E-state index in [-0.39, 0.29) is 0 Å². The van der Waals surface area contributed by atoms with Crippen molar-refractivity contribution in [2.75, 3.05) is 0 Å². The van der Waals surface area contributed by atoms with E-state index in [4.69, 9.17) is 9.94 Å². The van der Waals surface area contributed by atoms with Crippen LogP contribution in [-0.2, 0) is 6.61 Å².